The van der Waals surface area contributed by atoms with E-state index in [9.17, 15) is 0 Å². The minimum absolute atomic E-state index is 0.295. The standard InChI is InChI=1S/C15H21N5OS/c1-21-9-2-3-11-10(8-9)12-13(22-11)14(19-15(16)18-12)20-6-4-17-5-7-20/h9,17H,2-8H2,1H3,(H2,16,18,19). The highest BCUT2D eigenvalue weighted by Crippen LogP contribution is 2.40. The van der Waals surface area contributed by atoms with E-state index in [0.29, 0.717) is 12.1 Å². The number of rotatable bonds is 2. The highest BCUT2D eigenvalue weighted by atomic mass is 32.1. The smallest absolute Gasteiger partial charge is 0.222 e. The lowest BCUT2D eigenvalue weighted by atomic mass is 9.95. The topological polar surface area (TPSA) is 76.3 Å². The highest BCUT2D eigenvalue weighted by Gasteiger charge is 2.27. The van der Waals surface area contributed by atoms with Gasteiger partial charge >= 0.3 is 0 Å². The van der Waals surface area contributed by atoms with Gasteiger partial charge in [-0.3, -0.25) is 0 Å². The van der Waals surface area contributed by atoms with Crippen LogP contribution in [0.25, 0.3) is 10.2 Å². The second-order valence-corrected chi connectivity index (χ2v) is 7.03. The Morgan fingerprint density at radius 2 is 2.14 bits per heavy atom. The van der Waals surface area contributed by atoms with E-state index in [4.69, 9.17) is 10.5 Å². The van der Waals surface area contributed by atoms with Crippen LogP contribution in [-0.4, -0.2) is 49.4 Å². The second-order valence-electron chi connectivity index (χ2n) is 5.92. The molecule has 2 aromatic heterocycles. The fourth-order valence-corrected chi connectivity index (χ4v) is 4.70. The average molecular weight is 319 g/mol. The molecule has 0 amide bonds. The van der Waals surface area contributed by atoms with Gasteiger partial charge in [0, 0.05) is 44.6 Å². The molecule has 1 fully saturated rings. The van der Waals surface area contributed by atoms with Gasteiger partial charge in [0.15, 0.2) is 5.82 Å². The SMILES string of the molecule is COC1CCc2sc3c(N4CCNCC4)nc(N)nc3c2C1. The van der Waals surface area contributed by atoms with Crippen LogP contribution < -0.4 is 16.0 Å². The number of nitrogens with zero attached hydrogens (tertiary/aromatic N) is 3. The Kier molecular flexibility index (Phi) is 3.63. The summed E-state index contributed by atoms with van der Waals surface area (Å²) in [5.41, 5.74) is 8.37. The number of hydrogen-bond acceptors (Lipinski definition) is 7. The lowest BCUT2D eigenvalue weighted by Crippen LogP contribution is -2.44. The van der Waals surface area contributed by atoms with Crippen LogP contribution in [0, 0.1) is 0 Å². The zero-order valence-electron chi connectivity index (χ0n) is 12.8. The number of anilines is 2. The minimum Gasteiger partial charge on any atom is -0.381 e. The predicted molar refractivity (Wildman–Crippen MR) is 89.7 cm³/mol. The summed E-state index contributed by atoms with van der Waals surface area (Å²) >= 11 is 1.84. The lowest BCUT2D eigenvalue weighted by molar-refractivity contribution is 0.0919. The molecule has 1 atom stereocenters. The van der Waals surface area contributed by atoms with E-state index in [2.05, 4.69) is 20.2 Å². The normalized spacial score (nSPS) is 22.0. The molecular weight excluding hydrogens is 298 g/mol. The molecule has 22 heavy (non-hydrogen) atoms. The van der Waals surface area contributed by atoms with Crippen molar-refractivity contribution in [3.8, 4) is 0 Å². The number of nitrogens with one attached hydrogen (secondary N) is 1. The van der Waals surface area contributed by atoms with E-state index in [1.54, 1.807) is 7.11 Å². The van der Waals surface area contributed by atoms with E-state index in [0.717, 1.165) is 56.8 Å². The molecule has 6 nitrogen and oxygen atoms in total. The maximum absolute atomic E-state index is 6.00. The Morgan fingerprint density at radius 3 is 2.91 bits per heavy atom. The number of hydrogen-bond donors (Lipinski definition) is 2. The van der Waals surface area contributed by atoms with E-state index < -0.39 is 0 Å². The number of aromatic nitrogens is 2. The zero-order chi connectivity index (χ0) is 15.1. The van der Waals surface area contributed by atoms with Crippen LogP contribution >= 0.6 is 11.3 Å². The van der Waals surface area contributed by atoms with Crippen molar-refractivity contribution in [3.63, 3.8) is 0 Å². The molecule has 1 saturated heterocycles. The molecule has 0 spiro atoms. The van der Waals surface area contributed by atoms with Crippen molar-refractivity contribution in [3.05, 3.63) is 10.4 Å². The number of aryl methyl sites for hydroxylation is 1. The van der Waals surface area contributed by atoms with Crippen molar-refractivity contribution in [2.24, 2.45) is 0 Å². The van der Waals surface area contributed by atoms with Crippen LogP contribution in [0.5, 0.6) is 0 Å². The Bertz CT molecular complexity index is 695. The van der Waals surface area contributed by atoms with Gasteiger partial charge in [0.1, 0.15) is 0 Å². The molecule has 3 heterocycles. The molecule has 118 valence electrons. The van der Waals surface area contributed by atoms with Crippen LogP contribution in [0.15, 0.2) is 0 Å². The van der Waals surface area contributed by atoms with Gasteiger partial charge in [0.25, 0.3) is 0 Å². The molecule has 3 N–H and O–H groups in total. The van der Waals surface area contributed by atoms with Crippen LogP contribution in [0.1, 0.15) is 16.9 Å². The first kappa shape index (κ1) is 14.2. The summed E-state index contributed by atoms with van der Waals surface area (Å²) < 4.78 is 6.75. The molecule has 7 heteroatoms. The largest absolute Gasteiger partial charge is 0.381 e. The molecule has 2 aliphatic rings. The summed E-state index contributed by atoms with van der Waals surface area (Å²) in [5.74, 6) is 1.39. The van der Waals surface area contributed by atoms with Gasteiger partial charge in [0.2, 0.25) is 5.95 Å². The zero-order valence-corrected chi connectivity index (χ0v) is 13.6. The number of nitrogens with two attached hydrogens (primary N) is 1. The average Bonchev–Trinajstić information content (AvgIpc) is 2.92. The molecule has 0 saturated carbocycles. The van der Waals surface area contributed by atoms with Crippen molar-refractivity contribution in [1.29, 1.82) is 0 Å². The first-order valence-electron chi connectivity index (χ1n) is 7.82. The molecule has 2 aromatic rings. The van der Waals surface area contributed by atoms with Crippen molar-refractivity contribution < 1.29 is 4.74 Å². The summed E-state index contributed by atoms with van der Waals surface area (Å²) in [6, 6.07) is 0. The van der Waals surface area contributed by atoms with Crippen LogP contribution in [-0.2, 0) is 17.6 Å². The Hall–Kier alpha value is -1.44. The van der Waals surface area contributed by atoms with Gasteiger partial charge in [-0.1, -0.05) is 0 Å². The fraction of sp³-hybridized carbons (Fsp3) is 0.600. The fourth-order valence-electron chi connectivity index (χ4n) is 3.40. The highest BCUT2D eigenvalue weighted by molar-refractivity contribution is 7.19. The molecule has 0 radical (unpaired) electrons. The maximum Gasteiger partial charge on any atom is 0.222 e. The molecule has 1 aliphatic carbocycles. The third kappa shape index (κ3) is 2.33. The second kappa shape index (κ2) is 5.64. The van der Waals surface area contributed by atoms with Gasteiger partial charge in [0.05, 0.1) is 16.3 Å². The number of methoxy groups -OCH3 is 1. The van der Waals surface area contributed by atoms with E-state index in [1.807, 2.05) is 11.3 Å². The number of nitrogen functional groups attached to an aromatic ring is 1. The summed E-state index contributed by atoms with van der Waals surface area (Å²) in [5, 5.41) is 3.38. The van der Waals surface area contributed by atoms with Crippen molar-refractivity contribution in [2.45, 2.75) is 25.4 Å². The Labute approximate surface area is 133 Å². The van der Waals surface area contributed by atoms with Crippen LogP contribution in [0.3, 0.4) is 0 Å². The Morgan fingerprint density at radius 1 is 1.32 bits per heavy atom. The number of piperazine rings is 1. The Balaban J connectivity index is 1.83. The summed E-state index contributed by atoms with van der Waals surface area (Å²) in [6.07, 6.45) is 3.38. The maximum atomic E-state index is 6.00. The van der Waals surface area contributed by atoms with Crippen LogP contribution in [0.4, 0.5) is 11.8 Å². The first-order chi connectivity index (χ1) is 10.8. The van der Waals surface area contributed by atoms with E-state index in [-0.39, 0.29) is 0 Å². The molecular formula is C15H21N5OS. The van der Waals surface area contributed by atoms with Crippen molar-refractivity contribution in [2.75, 3.05) is 43.9 Å². The molecule has 0 bridgehead atoms. The summed E-state index contributed by atoms with van der Waals surface area (Å²) in [7, 11) is 1.79. The quantitative estimate of drug-likeness (QED) is 0.866. The van der Waals surface area contributed by atoms with E-state index >= 15 is 0 Å². The van der Waals surface area contributed by atoms with Gasteiger partial charge < -0.3 is 20.7 Å². The third-order valence-electron chi connectivity index (χ3n) is 4.59. The molecule has 1 aliphatic heterocycles. The third-order valence-corrected chi connectivity index (χ3v) is 5.86. The minimum atomic E-state index is 0.295. The van der Waals surface area contributed by atoms with E-state index in [1.165, 1.54) is 15.1 Å². The number of fused-ring (bicyclic) bond motifs is 3. The predicted octanol–water partition coefficient (Wildman–Crippen LogP) is 1.19. The van der Waals surface area contributed by atoms with Crippen molar-refractivity contribution in [1.82, 2.24) is 15.3 Å². The number of thiophene rings is 1. The molecule has 1 unspecified atom stereocenters. The lowest BCUT2D eigenvalue weighted by Gasteiger charge is -2.28. The van der Waals surface area contributed by atoms with Crippen molar-refractivity contribution >= 4 is 33.3 Å². The van der Waals surface area contributed by atoms with Crippen LogP contribution in [0.2, 0.25) is 0 Å². The summed E-state index contributed by atoms with van der Waals surface area (Å²) in [6.45, 7) is 3.91. The first-order valence-corrected chi connectivity index (χ1v) is 8.64. The monoisotopic (exact) mass is 319 g/mol. The van der Waals surface area contributed by atoms with Gasteiger partial charge in [-0.05, 0) is 18.4 Å². The molecule has 4 rings (SSSR count). The molecule has 0 aromatic carbocycles. The van der Waals surface area contributed by atoms with Gasteiger partial charge in [-0.2, -0.15) is 4.98 Å². The van der Waals surface area contributed by atoms with Gasteiger partial charge in [-0.25, -0.2) is 4.98 Å². The number of ether oxygens (including phenoxy) is 1. The summed E-state index contributed by atoms with van der Waals surface area (Å²) in [4.78, 5) is 12.9. The van der Waals surface area contributed by atoms with Gasteiger partial charge in [-0.15, -0.1) is 11.3 Å².